The number of ether oxygens (including phenoxy) is 1. The van der Waals surface area contributed by atoms with Gasteiger partial charge in [0, 0.05) is 11.6 Å². The molecule has 4 nitrogen and oxygen atoms in total. The minimum absolute atomic E-state index is 0.0173. The maximum Gasteiger partial charge on any atom is 0.283 e. The lowest BCUT2D eigenvalue weighted by molar-refractivity contribution is -0.385. The molecule has 0 heterocycles. The third-order valence-electron chi connectivity index (χ3n) is 2.55. The van der Waals surface area contributed by atoms with Gasteiger partial charge in [0.25, 0.3) is 5.69 Å². The van der Waals surface area contributed by atoms with Crippen LogP contribution in [0.1, 0.15) is 5.56 Å². The van der Waals surface area contributed by atoms with Gasteiger partial charge in [0.15, 0.2) is 5.75 Å². The first-order chi connectivity index (χ1) is 9.50. The molecule has 7 heteroatoms. The Balaban J connectivity index is 2.24. The summed E-state index contributed by atoms with van der Waals surface area (Å²) in [5.74, 6) is 0.356. The van der Waals surface area contributed by atoms with Crippen molar-refractivity contribution < 1.29 is 9.66 Å². The van der Waals surface area contributed by atoms with Gasteiger partial charge in [-0.2, -0.15) is 0 Å². The Morgan fingerprint density at radius 3 is 2.35 bits per heavy atom. The Labute approximate surface area is 133 Å². The average molecular weight is 377 g/mol. The summed E-state index contributed by atoms with van der Waals surface area (Å²) < 4.78 is 5.94. The number of para-hydroxylation sites is 1. The van der Waals surface area contributed by atoms with Gasteiger partial charge in [0.1, 0.15) is 11.1 Å². The molecule has 0 aliphatic heterocycles. The van der Waals surface area contributed by atoms with E-state index in [1.54, 1.807) is 30.3 Å². The quantitative estimate of drug-likeness (QED) is 0.541. The van der Waals surface area contributed by atoms with E-state index in [0.717, 1.165) is 0 Å². The van der Waals surface area contributed by atoms with Gasteiger partial charge in [-0.3, -0.25) is 10.1 Å². The summed E-state index contributed by atoms with van der Waals surface area (Å²) in [6.07, 6.45) is 0. The van der Waals surface area contributed by atoms with Crippen LogP contribution >= 0.6 is 39.1 Å². The minimum atomic E-state index is -0.462. The molecule has 0 aromatic heterocycles. The normalized spacial score (nSPS) is 10.3. The third kappa shape index (κ3) is 3.23. The van der Waals surface area contributed by atoms with Gasteiger partial charge in [-0.25, -0.2) is 0 Å². The second-order valence-corrected chi connectivity index (χ2v) is 5.45. The molecule has 0 bridgehead atoms. The van der Waals surface area contributed by atoms with E-state index in [9.17, 15) is 10.1 Å². The lowest BCUT2D eigenvalue weighted by Crippen LogP contribution is -1.99. The van der Waals surface area contributed by atoms with Crippen LogP contribution in [0.5, 0.6) is 5.75 Å². The molecule has 2 aromatic carbocycles. The number of nitro benzene ring substituents is 1. The second kappa shape index (κ2) is 6.43. The van der Waals surface area contributed by atoms with Crippen LogP contribution in [0.15, 0.2) is 40.9 Å². The number of benzene rings is 2. The number of hydrogen-bond donors (Lipinski definition) is 0. The van der Waals surface area contributed by atoms with E-state index < -0.39 is 4.92 Å². The highest BCUT2D eigenvalue weighted by Gasteiger charge is 2.16. The summed E-state index contributed by atoms with van der Waals surface area (Å²) in [7, 11) is 0. The molecule has 0 unspecified atom stereocenters. The zero-order chi connectivity index (χ0) is 14.7. The molecule has 104 valence electrons. The molecule has 20 heavy (non-hydrogen) atoms. The molecule has 0 atom stereocenters. The zero-order valence-corrected chi connectivity index (χ0v) is 13.1. The summed E-state index contributed by atoms with van der Waals surface area (Å²) in [6.45, 7) is 0.117. The van der Waals surface area contributed by atoms with Crippen molar-refractivity contribution in [2.75, 3.05) is 0 Å². The van der Waals surface area contributed by atoms with Crippen LogP contribution in [0.2, 0.25) is 10.0 Å². The summed E-state index contributed by atoms with van der Waals surface area (Å²) in [5.41, 5.74) is 0.617. The van der Waals surface area contributed by atoms with Gasteiger partial charge in [-0.1, -0.05) is 41.4 Å². The number of nitro groups is 1. The highest BCUT2D eigenvalue weighted by atomic mass is 79.9. The van der Waals surface area contributed by atoms with Crippen molar-refractivity contribution in [3.8, 4) is 5.75 Å². The topological polar surface area (TPSA) is 52.4 Å². The SMILES string of the molecule is O=[N+]([O-])c1cccc(COc2c(Cl)cccc2Cl)c1Br. The van der Waals surface area contributed by atoms with E-state index in [4.69, 9.17) is 27.9 Å². The Morgan fingerprint density at radius 2 is 1.75 bits per heavy atom. The third-order valence-corrected chi connectivity index (χ3v) is 4.06. The summed E-state index contributed by atoms with van der Waals surface area (Å²) in [6, 6.07) is 9.75. The van der Waals surface area contributed by atoms with Gasteiger partial charge >= 0.3 is 0 Å². The number of rotatable bonds is 4. The van der Waals surface area contributed by atoms with Crippen molar-refractivity contribution in [1.82, 2.24) is 0 Å². The average Bonchev–Trinajstić information content (AvgIpc) is 2.39. The fourth-order valence-corrected chi connectivity index (χ4v) is 2.62. The van der Waals surface area contributed by atoms with Gasteiger partial charge < -0.3 is 4.74 Å². The van der Waals surface area contributed by atoms with Gasteiger partial charge in [-0.15, -0.1) is 0 Å². The fourth-order valence-electron chi connectivity index (χ4n) is 1.59. The number of nitrogens with zero attached hydrogens (tertiary/aromatic N) is 1. The van der Waals surface area contributed by atoms with Crippen LogP contribution in [-0.2, 0) is 6.61 Å². The predicted molar refractivity (Wildman–Crippen MR) is 81.6 cm³/mol. The van der Waals surface area contributed by atoms with Crippen LogP contribution in [0.4, 0.5) is 5.69 Å². The molecule has 0 aliphatic rings. The molecule has 0 amide bonds. The van der Waals surface area contributed by atoms with E-state index in [-0.39, 0.29) is 12.3 Å². The summed E-state index contributed by atoms with van der Waals surface area (Å²) in [5, 5.41) is 11.6. The van der Waals surface area contributed by atoms with Crippen LogP contribution < -0.4 is 4.74 Å². The van der Waals surface area contributed by atoms with Gasteiger partial charge in [0.05, 0.1) is 15.0 Å². The van der Waals surface area contributed by atoms with Crippen molar-refractivity contribution in [2.24, 2.45) is 0 Å². The lowest BCUT2D eigenvalue weighted by atomic mass is 10.2. The maximum absolute atomic E-state index is 10.8. The van der Waals surface area contributed by atoms with Gasteiger partial charge in [-0.05, 0) is 28.1 Å². The second-order valence-electron chi connectivity index (χ2n) is 3.85. The smallest absolute Gasteiger partial charge is 0.283 e. The molecule has 0 saturated heterocycles. The number of halogens is 3. The van der Waals surface area contributed by atoms with E-state index in [0.29, 0.717) is 25.8 Å². The first kappa shape index (κ1) is 15.1. The maximum atomic E-state index is 10.8. The van der Waals surface area contributed by atoms with Crippen LogP contribution in [0.3, 0.4) is 0 Å². The standard InChI is InChI=1S/C13H8BrCl2NO3/c14-12-8(3-1-6-11(12)17(18)19)7-20-13-9(15)4-2-5-10(13)16/h1-6H,7H2. The molecule has 0 aliphatic carbocycles. The summed E-state index contributed by atoms with van der Waals surface area (Å²) >= 11 is 15.2. The predicted octanol–water partition coefficient (Wildman–Crippen LogP) is 5.24. The lowest BCUT2D eigenvalue weighted by Gasteiger charge is -2.10. The monoisotopic (exact) mass is 375 g/mol. The first-order valence-electron chi connectivity index (χ1n) is 5.49. The molecule has 0 N–H and O–H groups in total. The molecular formula is C13H8BrCl2NO3. The van der Waals surface area contributed by atoms with Crippen molar-refractivity contribution in [3.63, 3.8) is 0 Å². The molecule has 0 fully saturated rings. The van der Waals surface area contributed by atoms with E-state index >= 15 is 0 Å². The zero-order valence-electron chi connectivity index (χ0n) is 9.98. The van der Waals surface area contributed by atoms with Crippen LogP contribution in [0.25, 0.3) is 0 Å². The number of hydrogen-bond acceptors (Lipinski definition) is 3. The molecular weight excluding hydrogens is 369 g/mol. The van der Waals surface area contributed by atoms with E-state index in [1.165, 1.54) is 6.07 Å². The van der Waals surface area contributed by atoms with E-state index in [1.807, 2.05) is 0 Å². The Bertz CT molecular complexity index is 644. The Morgan fingerprint density at radius 1 is 1.15 bits per heavy atom. The van der Waals surface area contributed by atoms with Crippen molar-refractivity contribution >= 4 is 44.8 Å². The largest absolute Gasteiger partial charge is 0.486 e. The molecule has 0 saturated carbocycles. The Hall–Kier alpha value is -1.30. The minimum Gasteiger partial charge on any atom is -0.486 e. The summed E-state index contributed by atoms with van der Waals surface area (Å²) in [4.78, 5) is 10.4. The fraction of sp³-hybridized carbons (Fsp3) is 0.0769. The highest BCUT2D eigenvalue weighted by molar-refractivity contribution is 9.10. The van der Waals surface area contributed by atoms with E-state index in [2.05, 4.69) is 15.9 Å². The molecule has 0 radical (unpaired) electrons. The van der Waals surface area contributed by atoms with Crippen LogP contribution in [0, 0.1) is 10.1 Å². The van der Waals surface area contributed by atoms with Crippen molar-refractivity contribution in [1.29, 1.82) is 0 Å². The molecule has 2 aromatic rings. The van der Waals surface area contributed by atoms with Gasteiger partial charge in [0.2, 0.25) is 0 Å². The van der Waals surface area contributed by atoms with Crippen molar-refractivity contribution in [3.05, 3.63) is 66.6 Å². The Kier molecular flexibility index (Phi) is 4.86. The van der Waals surface area contributed by atoms with Crippen LogP contribution in [-0.4, -0.2) is 4.92 Å². The first-order valence-corrected chi connectivity index (χ1v) is 7.04. The highest BCUT2D eigenvalue weighted by Crippen LogP contribution is 2.34. The molecule has 0 spiro atoms. The van der Waals surface area contributed by atoms with Crippen molar-refractivity contribution in [2.45, 2.75) is 6.61 Å². The molecule has 2 rings (SSSR count).